The number of benzene rings is 1. The van der Waals surface area contributed by atoms with E-state index in [1.165, 1.54) is 0 Å². The SMILES string of the molecule is CCCCN=C(NCCn1cnnc1CC)N1CCN(c2ccccc2OC)CC1.I. The molecule has 31 heavy (non-hydrogen) atoms. The Hall–Kier alpha value is -2.04. The number of guanidine groups is 1. The Morgan fingerprint density at radius 3 is 2.65 bits per heavy atom. The van der Waals surface area contributed by atoms with E-state index in [0.717, 1.165) is 88.3 Å². The molecule has 1 aliphatic heterocycles. The lowest BCUT2D eigenvalue weighted by atomic mass is 10.2. The number of aliphatic imine (C=N–C) groups is 1. The van der Waals surface area contributed by atoms with Crippen LogP contribution in [-0.4, -0.2) is 72.0 Å². The quantitative estimate of drug-likeness (QED) is 0.228. The van der Waals surface area contributed by atoms with Gasteiger partial charge in [-0.1, -0.05) is 32.4 Å². The van der Waals surface area contributed by atoms with Gasteiger partial charge >= 0.3 is 0 Å². The highest BCUT2D eigenvalue weighted by Gasteiger charge is 2.21. The number of ether oxygens (including phenoxy) is 1. The van der Waals surface area contributed by atoms with Gasteiger partial charge in [-0.3, -0.25) is 4.99 Å². The Morgan fingerprint density at radius 2 is 1.94 bits per heavy atom. The summed E-state index contributed by atoms with van der Waals surface area (Å²) >= 11 is 0. The number of hydrogen-bond acceptors (Lipinski definition) is 5. The van der Waals surface area contributed by atoms with Crippen molar-refractivity contribution in [1.29, 1.82) is 0 Å². The van der Waals surface area contributed by atoms with Crippen LogP contribution in [0.4, 0.5) is 5.69 Å². The molecule has 0 unspecified atom stereocenters. The summed E-state index contributed by atoms with van der Waals surface area (Å²) < 4.78 is 7.65. The van der Waals surface area contributed by atoms with E-state index >= 15 is 0 Å². The summed E-state index contributed by atoms with van der Waals surface area (Å²) in [5.74, 6) is 2.96. The molecule has 0 saturated carbocycles. The van der Waals surface area contributed by atoms with Gasteiger partial charge in [0.05, 0.1) is 12.8 Å². The molecule has 9 heteroatoms. The molecule has 1 saturated heterocycles. The Morgan fingerprint density at radius 1 is 1.16 bits per heavy atom. The minimum absolute atomic E-state index is 0. The summed E-state index contributed by atoms with van der Waals surface area (Å²) in [6, 6.07) is 8.24. The smallest absolute Gasteiger partial charge is 0.194 e. The molecule has 1 fully saturated rings. The van der Waals surface area contributed by atoms with Gasteiger partial charge in [0.1, 0.15) is 17.9 Å². The minimum Gasteiger partial charge on any atom is -0.495 e. The van der Waals surface area contributed by atoms with E-state index in [4.69, 9.17) is 9.73 Å². The van der Waals surface area contributed by atoms with E-state index in [0.29, 0.717) is 0 Å². The number of nitrogens with zero attached hydrogens (tertiary/aromatic N) is 6. The lowest BCUT2D eigenvalue weighted by molar-refractivity contribution is 0.365. The Labute approximate surface area is 203 Å². The topological polar surface area (TPSA) is 70.8 Å². The van der Waals surface area contributed by atoms with E-state index in [1.807, 2.05) is 12.1 Å². The van der Waals surface area contributed by atoms with Crippen LogP contribution in [-0.2, 0) is 13.0 Å². The highest BCUT2D eigenvalue weighted by atomic mass is 127. The number of unbranched alkanes of at least 4 members (excludes halogenated alkanes) is 1. The maximum absolute atomic E-state index is 5.54. The van der Waals surface area contributed by atoms with Gasteiger partial charge in [0, 0.05) is 52.2 Å². The van der Waals surface area contributed by atoms with E-state index in [1.54, 1.807) is 13.4 Å². The van der Waals surface area contributed by atoms with Crippen LogP contribution in [0, 0.1) is 0 Å². The van der Waals surface area contributed by atoms with Gasteiger partial charge in [0.2, 0.25) is 0 Å². The molecule has 8 nitrogen and oxygen atoms in total. The van der Waals surface area contributed by atoms with Gasteiger partial charge in [-0.2, -0.15) is 0 Å². The van der Waals surface area contributed by atoms with E-state index in [9.17, 15) is 0 Å². The second kappa shape index (κ2) is 13.4. The highest BCUT2D eigenvalue weighted by molar-refractivity contribution is 14.0. The normalized spacial score (nSPS) is 14.4. The monoisotopic (exact) mass is 541 g/mol. The number of aryl methyl sites for hydroxylation is 1. The molecule has 0 spiro atoms. The first kappa shape index (κ1) is 25.2. The standard InChI is InChI=1S/C22H35N7O.HI/c1-4-6-11-23-22(24-12-13-29-18-25-26-21(29)5-2)28-16-14-27(15-17-28)19-9-7-8-10-20(19)30-3;/h7-10,18H,4-6,11-17H2,1-3H3,(H,23,24);1H. The fourth-order valence-electron chi connectivity index (χ4n) is 3.69. The summed E-state index contributed by atoms with van der Waals surface area (Å²) in [5, 5.41) is 11.8. The number of hydrogen-bond donors (Lipinski definition) is 1. The van der Waals surface area contributed by atoms with Crippen molar-refractivity contribution < 1.29 is 4.74 Å². The molecule has 0 amide bonds. The van der Waals surface area contributed by atoms with Crippen molar-refractivity contribution in [1.82, 2.24) is 25.0 Å². The zero-order valence-electron chi connectivity index (χ0n) is 19.0. The predicted molar refractivity (Wildman–Crippen MR) is 137 cm³/mol. The van der Waals surface area contributed by atoms with Crippen LogP contribution in [0.5, 0.6) is 5.75 Å². The van der Waals surface area contributed by atoms with Crippen molar-refractivity contribution in [3.05, 3.63) is 36.4 Å². The summed E-state index contributed by atoms with van der Waals surface area (Å²) in [5.41, 5.74) is 1.16. The highest BCUT2D eigenvalue weighted by Crippen LogP contribution is 2.28. The molecule has 172 valence electrons. The minimum atomic E-state index is 0. The number of anilines is 1. The maximum Gasteiger partial charge on any atom is 0.194 e. The fourth-order valence-corrected chi connectivity index (χ4v) is 3.69. The summed E-state index contributed by atoms with van der Waals surface area (Å²) in [6.45, 7) is 10.6. The van der Waals surface area contributed by atoms with E-state index in [-0.39, 0.29) is 24.0 Å². The molecule has 0 aliphatic carbocycles. The summed E-state index contributed by atoms with van der Waals surface area (Å²) in [4.78, 5) is 9.64. The van der Waals surface area contributed by atoms with Crippen LogP contribution in [0.25, 0.3) is 0 Å². The van der Waals surface area contributed by atoms with Crippen LogP contribution in [0.1, 0.15) is 32.5 Å². The molecule has 1 N–H and O–H groups in total. The van der Waals surface area contributed by atoms with Crippen molar-refractivity contribution in [3.63, 3.8) is 0 Å². The van der Waals surface area contributed by atoms with Gasteiger partial charge < -0.3 is 24.4 Å². The molecule has 2 heterocycles. The fraction of sp³-hybridized carbons (Fsp3) is 0.591. The first-order chi connectivity index (χ1) is 14.8. The second-order valence-corrected chi connectivity index (χ2v) is 7.43. The largest absolute Gasteiger partial charge is 0.495 e. The van der Waals surface area contributed by atoms with Gasteiger partial charge in [0.25, 0.3) is 0 Å². The Bertz CT molecular complexity index is 803. The number of methoxy groups -OCH3 is 1. The second-order valence-electron chi connectivity index (χ2n) is 7.43. The van der Waals surface area contributed by atoms with Crippen molar-refractivity contribution in [3.8, 4) is 5.75 Å². The number of halogens is 1. The van der Waals surface area contributed by atoms with Gasteiger partial charge in [-0.25, -0.2) is 0 Å². The molecule has 1 aromatic carbocycles. The third-order valence-electron chi connectivity index (χ3n) is 5.43. The lowest BCUT2D eigenvalue weighted by Gasteiger charge is -2.38. The maximum atomic E-state index is 5.54. The average Bonchev–Trinajstić information content (AvgIpc) is 3.26. The van der Waals surface area contributed by atoms with E-state index < -0.39 is 0 Å². The number of aromatic nitrogens is 3. The molecule has 0 atom stereocenters. The first-order valence-electron chi connectivity index (χ1n) is 11.0. The van der Waals surface area contributed by atoms with Crippen LogP contribution in [0.15, 0.2) is 35.6 Å². The van der Waals surface area contributed by atoms with Crippen LogP contribution in [0.3, 0.4) is 0 Å². The number of para-hydroxylation sites is 2. The van der Waals surface area contributed by atoms with Gasteiger partial charge in [0.15, 0.2) is 5.96 Å². The first-order valence-corrected chi connectivity index (χ1v) is 11.0. The third kappa shape index (κ3) is 6.98. The van der Waals surface area contributed by atoms with E-state index in [2.05, 4.69) is 55.9 Å². The lowest BCUT2D eigenvalue weighted by Crippen LogP contribution is -2.53. The number of piperazine rings is 1. The molecule has 0 bridgehead atoms. The molecule has 0 radical (unpaired) electrons. The van der Waals surface area contributed by atoms with Gasteiger partial charge in [-0.05, 0) is 18.6 Å². The molecule has 3 rings (SSSR count). The third-order valence-corrected chi connectivity index (χ3v) is 5.43. The summed E-state index contributed by atoms with van der Waals surface area (Å²) in [7, 11) is 1.73. The van der Waals surface area contributed by atoms with Gasteiger partial charge in [-0.15, -0.1) is 34.2 Å². The van der Waals surface area contributed by atoms with Crippen molar-refractivity contribution in [2.24, 2.45) is 4.99 Å². The predicted octanol–water partition coefficient (Wildman–Crippen LogP) is 3.04. The summed E-state index contributed by atoms with van der Waals surface area (Å²) in [6.07, 6.45) is 4.96. The molecular formula is C22H36IN7O. The zero-order chi connectivity index (χ0) is 21.2. The average molecular weight is 541 g/mol. The van der Waals surface area contributed by atoms with Crippen LogP contribution >= 0.6 is 24.0 Å². The molecular weight excluding hydrogens is 505 g/mol. The van der Waals surface area contributed by atoms with Crippen molar-refractivity contribution in [2.45, 2.75) is 39.7 Å². The molecule has 1 aromatic heterocycles. The number of nitrogens with one attached hydrogen (secondary N) is 1. The molecule has 2 aromatic rings. The Balaban J connectivity index is 0.00000341. The van der Waals surface area contributed by atoms with Crippen molar-refractivity contribution in [2.75, 3.05) is 51.3 Å². The van der Waals surface area contributed by atoms with Crippen LogP contribution < -0.4 is 15.0 Å². The van der Waals surface area contributed by atoms with Crippen LogP contribution in [0.2, 0.25) is 0 Å². The Kier molecular flexibility index (Phi) is 10.9. The zero-order valence-corrected chi connectivity index (χ0v) is 21.3. The molecule has 1 aliphatic rings. The van der Waals surface area contributed by atoms with Crippen molar-refractivity contribution >= 4 is 35.6 Å². The number of rotatable bonds is 9.